The van der Waals surface area contributed by atoms with Gasteiger partial charge >= 0.3 is 12.1 Å². The molecule has 3 amide bonds. The number of halogens is 2. The fourth-order valence-corrected chi connectivity index (χ4v) is 6.12. The molecule has 0 saturated carbocycles. The molecule has 0 aliphatic carbocycles. The number of amides is 3. The van der Waals surface area contributed by atoms with Crippen molar-refractivity contribution in [3.63, 3.8) is 0 Å². The Kier molecular flexibility index (Phi) is 15.1. The second kappa shape index (κ2) is 19.0. The number of carboxylic acids is 1. The van der Waals surface area contributed by atoms with Crippen LogP contribution >= 0.6 is 0 Å². The van der Waals surface area contributed by atoms with Crippen LogP contribution in [0.4, 0.5) is 13.6 Å². The van der Waals surface area contributed by atoms with Crippen molar-refractivity contribution in [1.82, 2.24) is 20.1 Å². The fraction of sp³-hybridized carbons (Fsp3) is 0.444. The van der Waals surface area contributed by atoms with Crippen LogP contribution in [0, 0.1) is 17.0 Å². The van der Waals surface area contributed by atoms with Gasteiger partial charge in [-0.25, -0.2) is 13.6 Å². The number of carboxylic acid groups (broad SMARTS) is 1. The van der Waals surface area contributed by atoms with E-state index in [-0.39, 0.29) is 54.0 Å². The molecule has 0 aliphatic heterocycles. The summed E-state index contributed by atoms with van der Waals surface area (Å²) in [5.41, 5.74) is 1.33. The van der Waals surface area contributed by atoms with E-state index in [0.29, 0.717) is 17.8 Å². The van der Waals surface area contributed by atoms with Crippen molar-refractivity contribution in [1.29, 1.82) is 0 Å². The molecule has 3 aromatic rings. The van der Waals surface area contributed by atoms with Crippen LogP contribution in [0.25, 0.3) is 11.1 Å². The van der Waals surface area contributed by atoms with Crippen molar-refractivity contribution in [2.45, 2.75) is 71.3 Å². The predicted molar refractivity (Wildman–Crippen MR) is 188 cm³/mol. The van der Waals surface area contributed by atoms with Gasteiger partial charge in [-0.3, -0.25) is 14.4 Å². The summed E-state index contributed by atoms with van der Waals surface area (Å²) >= 11 is 0. The van der Waals surface area contributed by atoms with Gasteiger partial charge in [-0.05, 0) is 47.7 Å². The summed E-state index contributed by atoms with van der Waals surface area (Å²) < 4.78 is 36.5. The van der Waals surface area contributed by atoms with Crippen LogP contribution in [0.5, 0.6) is 0 Å². The lowest BCUT2D eigenvalue weighted by Crippen LogP contribution is -2.48. The normalized spacial score (nSPS) is 12.8. The molecule has 0 fully saturated rings. The van der Waals surface area contributed by atoms with E-state index in [1.54, 1.807) is 12.3 Å². The first kappa shape index (κ1) is 39.9. The number of carbonyl (C=O) groups is 4. The third kappa shape index (κ3) is 12.1. The number of alkyl carbamates (subject to hydrolysis) is 1. The molecular formula is C36H48F2N4O7Si. The van der Waals surface area contributed by atoms with Crippen molar-refractivity contribution in [3.8, 4) is 11.1 Å². The number of rotatable bonds is 18. The lowest BCUT2D eigenvalue weighted by molar-refractivity contribution is -0.139. The molecule has 1 aromatic heterocycles. The predicted octanol–water partition coefficient (Wildman–Crippen LogP) is 4.49. The van der Waals surface area contributed by atoms with Crippen molar-refractivity contribution in [3.05, 3.63) is 83.7 Å². The molecule has 0 unspecified atom stereocenters. The largest absolute Gasteiger partial charge is 0.481 e. The first-order valence-electron chi connectivity index (χ1n) is 16.7. The molecule has 272 valence electrons. The van der Waals surface area contributed by atoms with Crippen LogP contribution in [0.2, 0.25) is 12.6 Å². The van der Waals surface area contributed by atoms with E-state index in [4.69, 9.17) is 9.84 Å². The Bertz CT molecular complexity index is 1600. The highest BCUT2D eigenvalue weighted by molar-refractivity contribution is 6.33. The molecule has 50 heavy (non-hydrogen) atoms. The third-order valence-electron chi connectivity index (χ3n) is 8.12. The van der Waals surface area contributed by atoms with Crippen molar-refractivity contribution >= 4 is 33.4 Å². The number of ether oxygens (including phenoxy) is 1. The number of benzene rings is 2. The smallest absolute Gasteiger partial charge is 0.407 e. The van der Waals surface area contributed by atoms with Gasteiger partial charge in [-0.2, -0.15) is 0 Å². The average molecular weight is 715 g/mol. The minimum absolute atomic E-state index is 0.0132. The number of hydrogen-bond donors (Lipinski definition) is 4. The van der Waals surface area contributed by atoms with Crippen LogP contribution in [-0.4, -0.2) is 85.4 Å². The molecule has 1 heterocycles. The van der Waals surface area contributed by atoms with Gasteiger partial charge in [-0.1, -0.05) is 57.7 Å². The van der Waals surface area contributed by atoms with Crippen LogP contribution in [0.15, 0.2) is 60.8 Å². The van der Waals surface area contributed by atoms with E-state index in [0.717, 1.165) is 29.8 Å². The van der Waals surface area contributed by atoms with Gasteiger partial charge in [0.2, 0.25) is 11.8 Å². The molecule has 2 aromatic carbocycles. The van der Waals surface area contributed by atoms with Gasteiger partial charge in [-0.15, -0.1) is 0 Å². The third-order valence-corrected chi connectivity index (χ3v) is 9.11. The monoisotopic (exact) mass is 714 g/mol. The summed E-state index contributed by atoms with van der Waals surface area (Å²) in [6, 6.07) is 13.8. The Morgan fingerprint density at radius 1 is 1.04 bits per heavy atom. The van der Waals surface area contributed by atoms with Gasteiger partial charge < -0.3 is 35.1 Å². The van der Waals surface area contributed by atoms with E-state index in [9.17, 15) is 28.7 Å². The Hall–Kier alpha value is -4.56. The van der Waals surface area contributed by atoms with Gasteiger partial charge in [0.05, 0.1) is 25.1 Å². The minimum atomic E-state index is -1.12. The van der Waals surface area contributed by atoms with Crippen molar-refractivity contribution in [2.75, 3.05) is 26.3 Å². The molecule has 0 bridgehead atoms. The highest BCUT2D eigenvalue weighted by Crippen LogP contribution is 2.41. The second-order valence-corrected chi connectivity index (χ2v) is 14.9. The zero-order chi connectivity index (χ0) is 36.8. The Morgan fingerprint density at radius 3 is 2.40 bits per heavy atom. The van der Waals surface area contributed by atoms with Crippen LogP contribution < -0.4 is 10.6 Å². The summed E-state index contributed by atoms with van der Waals surface area (Å²) in [5, 5.41) is 24.5. The molecule has 11 nitrogen and oxygen atoms in total. The fourth-order valence-electron chi connectivity index (χ4n) is 5.68. The van der Waals surface area contributed by atoms with Crippen LogP contribution in [-0.2, 0) is 25.7 Å². The summed E-state index contributed by atoms with van der Waals surface area (Å²) in [4.78, 5) is 51.0. The summed E-state index contributed by atoms with van der Waals surface area (Å²) in [7, 11) is -0.332. The summed E-state index contributed by atoms with van der Waals surface area (Å²) in [6.45, 7) is 7.58. The topological polar surface area (TPSA) is 150 Å². The average Bonchev–Trinajstić information content (AvgIpc) is 3.47. The van der Waals surface area contributed by atoms with E-state index >= 15 is 4.39 Å². The molecule has 14 heteroatoms. The maximum atomic E-state index is 15.1. The van der Waals surface area contributed by atoms with Gasteiger partial charge in [0.1, 0.15) is 18.2 Å². The number of nitrogens with zero attached hydrogens (tertiary/aromatic N) is 2. The van der Waals surface area contributed by atoms with E-state index in [1.807, 2.05) is 55.7 Å². The Labute approximate surface area is 293 Å². The quantitative estimate of drug-likeness (QED) is 0.112. The van der Waals surface area contributed by atoms with Gasteiger partial charge in [0.25, 0.3) is 0 Å². The van der Waals surface area contributed by atoms with Gasteiger partial charge in [0.15, 0.2) is 0 Å². The number of carbonyl (C=O) groups excluding carboxylic acids is 3. The Balaban J connectivity index is 2.02. The standard InChI is InChI=1S/C36H48F2N4O7Si/c1-36(2,3)34(30-18-25(28-19-26(37)10-11-29(28)38)22-41(30)21-24-8-6-5-7-9-24)42(32(45)23-43)15-14-27(40-35(48)49-16-17-50-4)20-39-31(44)12-13-33(46)47/h5-11,18-19,22,27,34,43H,12-17,20-21,23,50H2,1-4H3,(H,39,44)(H,40,48)(H,46,47)/t27-,34-/m0/s1. The van der Waals surface area contributed by atoms with Gasteiger partial charge in [0, 0.05) is 58.6 Å². The van der Waals surface area contributed by atoms with E-state index in [2.05, 4.69) is 17.2 Å². The molecular weight excluding hydrogens is 666 g/mol. The highest BCUT2D eigenvalue weighted by atomic mass is 28.2. The van der Waals surface area contributed by atoms with Crippen molar-refractivity contribution < 1.29 is 42.9 Å². The SMILES string of the molecule is C[SiH2]CCOC(=O)N[C@@H](CCN(C(=O)CO)[C@@H](c1cc(-c2cc(F)ccc2F)cn1Cc1ccccc1)C(C)(C)C)CNC(=O)CCC(=O)O. The lowest BCUT2D eigenvalue weighted by Gasteiger charge is -2.41. The lowest BCUT2D eigenvalue weighted by atomic mass is 9.82. The molecule has 0 saturated heterocycles. The molecule has 0 radical (unpaired) electrons. The zero-order valence-corrected chi connectivity index (χ0v) is 30.5. The highest BCUT2D eigenvalue weighted by Gasteiger charge is 2.37. The minimum Gasteiger partial charge on any atom is -0.481 e. The zero-order valence-electron chi connectivity index (χ0n) is 29.1. The van der Waals surface area contributed by atoms with E-state index in [1.165, 1.54) is 4.90 Å². The van der Waals surface area contributed by atoms with Crippen LogP contribution in [0.1, 0.15) is 57.3 Å². The number of aliphatic hydroxyl groups is 1. The first-order valence-corrected chi connectivity index (χ1v) is 19.2. The number of nitrogens with one attached hydrogen (secondary N) is 2. The molecule has 3 rings (SSSR count). The Morgan fingerprint density at radius 2 is 1.76 bits per heavy atom. The number of hydrogen-bond acceptors (Lipinski definition) is 6. The number of aliphatic carboxylic acids is 1. The molecule has 0 spiro atoms. The number of aliphatic hydroxyl groups excluding tert-OH is 1. The summed E-state index contributed by atoms with van der Waals surface area (Å²) in [6.07, 6.45) is 0.542. The maximum absolute atomic E-state index is 15.1. The summed E-state index contributed by atoms with van der Waals surface area (Å²) in [5.74, 6) is -3.46. The molecule has 4 N–H and O–H groups in total. The number of aromatic nitrogens is 1. The van der Waals surface area contributed by atoms with Crippen molar-refractivity contribution in [2.24, 2.45) is 5.41 Å². The van der Waals surface area contributed by atoms with E-state index < -0.39 is 59.6 Å². The second-order valence-electron chi connectivity index (χ2n) is 13.2. The maximum Gasteiger partial charge on any atom is 0.407 e. The molecule has 0 aliphatic rings. The van der Waals surface area contributed by atoms with Crippen LogP contribution in [0.3, 0.4) is 0 Å². The first-order chi connectivity index (χ1) is 23.7. The molecule has 2 atom stereocenters.